The Hall–Kier alpha value is -2.27. The molecule has 0 aliphatic heterocycles. The molecule has 0 unspecified atom stereocenters. The fourth-order valence-corrected chi connectivity index (χ4v) is 2.21. The summed E-state index contributed by atoms with van der Waals surface area (Å²) in [6.07, 6.45) is 2.37. The van der Waals surface area contributed by atoms with E-state index in [0.717, 1.165) is 0 Å². The highest BCUT2D eigenvalue weighted by molar-refractivity contribution is 6.04. The summed E-state index contributed by atoms with van der Waals surface area (Å²) in [7, 11) is 0. The minimum absolute atomic E-state index is 0.0789. The van der Waals surface area contributed by atoms with E-state index in [1.54, 1.807) is 18.2 Å². The van der Waals surface area contributed by atoms with Gasteiger partial charge < -0.3 is 10.1 Å². The second-order valence-corrected chi connectivity index (χ2v) is 5.70. The van der Waals surface area contributed by atoms with E-state index in [2.05, 4.69) is 5.32 Å². The maximum Gasteiger partial charge on any atom is 0.258 e. The second kappa shape index (κ2) is 6.87. The third kappa shape index (κ3) is 4.13. The van der Waals surface area contributed by atoms with Crippen molar-refractivity contribution in [1.82, 2.24) is 0 Å². The normalized spacial score (nSPS) is 13.8. The van der Waals surface area contributed by atoms with Gasteiger partial charge in [-0.1, -0.05) is 18.2 Å². The Labute approximate surface area is 133 Å². The standard InChI is InChI=1S/C18H17F2NO2/c19-16-4-2-1-3-15(16)18(22)21-14-8-7-13(17(20)9-14)11-23-10-12-5-6-12/h1-4,7-9,12H,5-6,10-11H2,(H,21,22). The van der Waals surface area contributed by atoms with Crippen LogP contribution < -0.4 is 5.32 Å². The summed E-state index contributed by atoms with van der Waals surface area (Å²) in [5, 5.41) is 2.49. The summed E-state index contributed by atoms with van der Waals surface area (Å²) >= 11 is 0. The molecular weight excluding hydrogens is 300 g/mol. The Morgan fingerprint density at radius 3 is 2.61 bits per heavy atom. The molecule has 120 valence electrons. The molecule has 0 heterocycles. The van der Waals surface area contributed by atoms with Crippen molar-refractivity contribution in [2.45, 2.75) is 19.4 Å². The molecule has 0 bridgehead atoms. The summed E-state index contributed by atoms with van der Waals surface area (Å²) in [5.41, 5.74) is 0.640. The number of hydrogen-bond acceptors (Lipinski definition) is 2. The van der Waals surface area contributed by atoms with Gasteiger partial charge in [0.25, 0.3) is 5.91 Å². The lowest BCUT2D eigenvalue weighted by Gasteiger charge is -2.09. The minimum atomic E-state index is -0.615. The lowest BCUT2D eigenvalue weighted by atomic mass is 10.1. The molecule has 0 atom stereocenters. The molecule has 2 aromatic carbocycles. The van der Waals surface area contributed by atoms with E-state index in [4.69, 9.17) is 4.74 Å². The number of carbonyl (C=O) groups excluding carboxylic acids is 1. The molecule has 0 saturated heterocycles. The van der Waals surface area contributed by atoms with Crippen molar-refractivity contribution >= 4 is 11.6 Å². The third-order valence-corrected chi connectivity index (χ3v) is 3.74. The first-order chi connectivity index (χ1) is 11.1. The van der Waals surface area contributed by atoms with Crippen molar-refractivity contribution in [3.05, 3.63) is 65.2 Å². The van der Waals surface area contributed by atoms with Gasteiger partial charge in [0.15, 0.2) is 0 Å². The molecule has 3 rings (SSSR count). The first-order valence-corrected chi connectivity index (χ1v) is 7.55. The lowest BCUT2D eigenvalue weighted by molar-refractivity contribution is 0.102. The van der Waals surface area contributed by atoms with Crippen molar-refractivity contribution in [3.8, 4) is 0 Å². The van der Waals surface area contributed by atoms with Gasteiger partial charge in [-0.15, -0.1) is 0 Å². The van der Waals surface area contributed by atoms with Crippen LogP contribution in [0.4, 0.5) is 14.5 Å². The predicted octanol–water partition coefficient (Wildman–Crippen LogP) is 4.14. The van der Waals surface area contributed by atoms with Gasteiger partial charge in [-0.05, 0) is 43.0 Å². The van der Waals surface area contributed by atoms with Gasteiger partial charge in [-0.2, -0.15) is 0 Å². The zero-order valence-electron chi connectivity index (χ0n) is 12.5. The first kappa shape index (κ1) is 15.6. The quantitative estimate of drug-likeness (QED) is 0.869. The van der Waals surface area contributed by atoms with E-state index in [9.17, 15) is 13.6 Å². The number of carbonyl (C=O) groups is 1. The molecule has 1 N–H and O–H groups in total. The summed E-state index contributed by atoms with van der Waals surface area (Å²) in [4.78, 5) is 12.0. The number of amides is 1. The highest BCUT2D eigenvalue weighted by Gasteiger charge is 2.21. The fraction of sp³-hybridized carbons (Fsp3) is 0.278. The topological polar surface area (TPSA) is 38.3 Å². The van der Waals surface area contributed by atoms with E-state index < -0.39 is 17.5 Å². The average Bonchev–Trinajstić information content (AvgIpc) is 3.34. The fourth-order valence-electron chi connectivity index (χ4n) is 2.21. The minimum Gasteiger partial charge on any atom is -0.376 e. The van der Waals surface area contributed by atoms with Gasteiger partial charge in [0.2, 0.25) is 0 Å². The van der Waals surface area contributed by atoms with Crippen LogP contribution >= 0.6 is 0 Å². The van der Waals surface area contributed by atoms with E-state index in [-0.39, 0.29) is 17.9 Å². The van der Waals surface area contributed by atoms with Gasteiger partial charge in [-0.3, -0.25) is 4.79 Å². The Bertz CT molecular complexity index is 714. The summed E-state index contributed by atoms with van der Waals surface area (Å²) in [6.45, 7) is 0.870. The SMILES string of the molecule is O=C(Nc1ccc(COCC2CC2)c(F)c1)c1ccccc1F. The molecule has 3 nitrogen and oxygen atoms in total. The Balaban J connectivity index is 1.62. The summed E-state index contributed by atoms with van der Waals surface area (Å²) < 4.78 is 33.0. The molecule has 0 aromatic heterocycles. The smallest absolute Gasteiger partial charge is 0.258 e. The van der Waals surface area contributed by atoms with Gasteiger partial charge in [0.1, 0.15) is 11.6 Å². The monoisotopic (exact) mass is 317 g/mol. The van der Waals surface area contributed by atoms with Crippen LogP contribution in [0.3, 0.4) is 0 Å². The highest BCUT2D eigenvalue weighted by atomic mass is 19.1. The van der Waals surface area contributed by atoms with Crippen LogP contribution in [-0.4, -0.2) is 12.5 Å². The van der Waals surface area contributed by atoms with Crippen LogP contribution in [0.5, 0.6) is 0 Å². The number of nitrogens with one attached hydrogen (secondary N) is 1. The maximum absolute atomic E-state index is 14.0. The number of hydrogen-bond donors (Lipinski definition) is 1. The van der Waals surface area contributed by atoms with Crippen molar-refractivity contribution in [2.24, 2.45) is 5.92 Å². The molecule has 1 aliphatic rings. The van der Waals surface area contributed by atoms with Crippen molar-refractivity contribution in [3.63, 3.8) is 0 Å². The molecule has 0 spiro atoms. The molecule has 5 heteroatoms. The molecule has 0 radical (unpaired) electrons. The van der Waals surface area contributed by atoms with Gasteiger partial charge in [0, 0.05) is 17.9 Å². The van der Waals surface area contributed by atoms with Crippen molar-refractivity contribution in [2.75, 3.05) is 11.9 Å². The zero-order valence-corrected chi connectivity index (χ0v) is 12.5. The van der Waals surface area contributed by atoms with Crippen LogP contribution in [0, 0.1) is 17.6 Å². The molecule has 1 fully saturated rings. The Kier molecular flexibility index (Phi) is 4.67. The van der Waals surface area contributed by atoms with Crippen molar-refractivity contribution < 1.29 is 18.3 Å². The Morgan fingerprint density at radius 2 is 1.91 bits per heavy atom. The molecule has 23 heavy (non-hydrogen) atoms. The van der Waals surface area contributed by atoms with E-state index in [1.165, 1.54) is 37.1 Å². The molecule has 1 aliphatic carbocycles. The Morgan fingerprint density at radius 1 is 1.13 bits per heavy atom. The van der Waals surface area contributed by atoms with Gasteiger partial charge >= 0.3 is 0 Å². The largest absolute Gasteiger partial charge is 0.376 e. The van der Waals surface area contributed by atoms with Crippen LogP contribution in [-0.2, 0) is 11.3 Å². The second-order valence-electron chi connectivity index (χ2n) is 5.70. The number of benzene rings is 2. The number of anilines is 1. The number of rotatable bonds is 6. The first-order valence-electron chi connectivity index (χ1n) is 7.55. The van der Waals surface area contributed by atoms with Crippen LogP contribution in [0.1, 0.15) is 28.8 Å². The molecular formula is C18H17F2NO2. The van der Waals surface area contributed by atoms with Crippen LogP contribution in [0.25, 0.3) is 0 Å². The number of halogens is 2. The summed E-state index contributed by atoms with van der Waals surface area (Å²) in [6, 6.07) is 10.0. The van der Waals surface area contributed by atoms with E-state index in [1.807, 2.05) is 0 Å². The molecule has 1 saturated carbocycles. The van der Waals surface area contributed by atoms with Gasteiger partial charge in [0.05, 0.1) is 12.2 Å². The molecule has 1 amide bonds. The molecule has 2 aromatic rings. The van der Waals surface area contributed by atoms with E-state index >= 15 is 0 Å². The van der Waals surface area contributed by atoms with Crippen molar-refractivity contribution in [1.29, 1.82) is 0 Å². The third-order valence-electron chi connectivity index (χ3n) is 3.74. The highest BCUT2D eigenvalue weighted by Crippen LogP contribution is 2.29. The summed E-state index contributed by atoms with van der Waals surface area (Å²) in [5.74, 6) is -1.06. The zero-order chi connectivity index (χ0) is 16.2. The van der Waals surface area contributed by atoms with Crippen LogP contribution in [0.2, 0.25) is 0 Å². The van der Waals surface area contributed by atoms with Crippen LogP contribution in [0.15, 0.2) is 42.5 Å². The average molecular weight is 317 g/mol. The van der Waals surface area contributed by atoms with Gasteiger partial charge in [-0.25, -0.2) is 8.78 Å². The lowest BCUT2D eigenvalue weighted by Crippen LogP contribution is -2.14. The predicted molar refractivity (Wildman–Crippen MR) is 83.1 cm³/mol. The number of ether oxygens (including phenoxy) is 1. The maximum atomic E-state index is 14.0. The van der Waals surface area contributed by atoms with E-state index in [0.29, 0.717) is 18.1 Å².